The zero-order valence-electron chi connectivity index (χ0n) is 15.9. The molecule has 1 aliphatic heterocycles. The van der Waals surface area contributed by atoms with Crippen molar-refractivity contribution in [2.75, 3.05) is 49.4 Å². The summed E-state index contributed by atoms with van der Waals surface area (Å²) in [6.07, 6.45) is 0.863. The van der Waals surface area contributed by atoms with Crippen molar-refractivity contribution in [2.45, 2.75) is 19.4 Å². The molecule has 1 atom stereocenters. The average Bonchev–Trinajstić information content (AvgIpc) is 2.87. The normalized spacial score (nSPS) is 17.2. The summed E-state index contributed by atoms with van der Waals surface area (Å²) in [4.78, 5) is 22.4. The standard InChI is InChI=1S/C19H24ClN5O3/c1-12-8-17(24-19(21)22-12)25-6-3-7-28-10-16(25)14-5-4-13(9-15(14)20)23-18(26)11-27-2/h4-5,8-9,16H,3,6-7,10-11H2,1-2H3,(H,23,26)(H2,21,22,24). The largest absolute Gasteiger partial charge is 0.379 e. The number of amides is 1. The Kier molecular flexibility index (Phi) is 6.66. The Hall–Kier alpha value is -2.42. The van der Waals surface area contributed by atoms with Gasteiger partial charge in [-0.15, -0.1) is 0 Å². The van der Waals surface area contributed by atoms with E-state index in [0.29, 0.717) is 23.9 Å². The van der Waals surface area contributed by atoms with E-state index in [-0.39, 0.29) is 24.5 Å². The molecule has 0 aliphatic carbocycles. The summed E-state index contributed by atoms with van der Waals surface area (Å²) < 4.78 is 10.6. The Balaban J connectivity index is 1.90. The van der Waals surface area contributed by atoms with E-state index in [1.807, 2.05) is 25.1 Å². The highest BCUT2D eigenvalue weighted by Gasteiger charge is 2.27. The molecule has 1 unspecified atom stereocenters. The minimum absolute atomic E-state index is 0.0158. The van der Waals surface area contributed by atoms with Crippen LogP contribution in [-0.4, -0.2) is 49.4 Å². The molecule has 28 heavy (non-hydrogen) atoms. The maximum atomic E-state index is 11.7. The van der Waals surface area contributed by atoms with E-state index in [1.165, 1.54) is 7.11 Å². The number of nitrogen functional groups attached to an aromatic ring is 1. The number of rotatable bonds is 5. The lowest BCUT2D eigenvalue weighted by Gasteiger charge is -2.31. The molecule has 3 rings (SSSR count). The molecular formula is C19H24ClN5O3. The molecule has 9 heteroatoms. The number of halogens is 1. The van der Waals surface area contributed by atoms with Gasteiger partial charge in [-0.1, -0.05) is 17.7 Å². The van der Waals surface area contributed by atoms with E-state index in [1.54, 1.807) is 6.07 Å². The zero-order valence-corrected chi connectivity index (χ0v) is 16.7. The lowest BCUT2D eigenvalue weighted by molar-refractivity contribution is -0.119. The highest BCUT2D eigenvalue weighted by Crippen LogP contribution is 2.34. The van der Waals surface area contributed by atoms with Gasteiger partial charge in [0.05, 0.1) is 12.6 Å². The van der Waals surface area contributed by atoms with Crippen LogP contribution in [0.3, 0.4) is 0 Å². The number of aromatic nitrogens is 2. The molecule has 1 aromatic carbocycles. The minimum atomic E-state index is -0.238. The summed E-state index contributed by atoms with van der Waals surface area (Å²) in [5, 5.41) is 3.29. The van der Waals surface area contributed by atoms with E-state index < -0.39 is 0 Å². The fourth-order valence-corrected chi connectivity index (χ4v) is 3.54. The van der Waals surface area contributed by atoms with Crippen molar-refractivity contribution in [1.82, 2.24) is 9.97 Å². The van der Waals surface area contributed by atoms with Crippen LogP contribution in [0.4, 0.5) is 17.5 Å². The summed E-state index contributed by atoms with van der Waals surface area (Å²) >= 11 is 6.57. The molecule has 1 aromatic heterocycles. The van der Waals surface area contributed by atoms with Crippen molar-refractivity contribution < 1.29 is 14.3 Å². The number of anilines is 3. The van der Waals surface area contributed by atoms with Crippen LogP contribution < -0.4 is 16.0 Å². The van der Waals surface area contributed by atoms with Crippen LogP contribution >= 0.6 is 11.6 Å². The summed E-state index contributed by atoms with van der Waals surface area (Å²) in [6, 6.07) is 7.22. The number of carbonyl (C=O) groups is 1. The average molecular weight is 406 g/mol. The summed E-state index contributed by atoms with van der Waals surface area (Å²) in [5.74, 6) is 0.743. The Morgan fingerprint density at radius 1 is 1.43 bits per heavy atom. The lowest BCUT2D eigenvalue weighted by Crippen LogP contribution is -2.32. The van der Waals surface area contributed by atoms with E-state index in [2.05, 4.69) is 20.2 Å². The van der Waals surface area contributed by atoms with Crippen molar-refractivity contribution in [3.05, 3.63) is 40.5 Å². The second-order valence-electron chi connectivity index (χ2n) is 6.58. The number of nitrogens with two attached hydrogens (primary N) is 1. The highest BCUT2D eigenvalue weighted by molar-refractivity contribution is 6.31. The molecule has 0 bridgehead atoms. The number of methoxy groups -OCH3 is 1. The molecule has 0 spiro atoms. The van der Waals surface area contributed by atoms with Gasteiger partial charge in [-0.3, -0.25) is 4.79 Å². The van der Waals surface area contributed by atoms with E-state index in [0.717, 1.165) is 30.0 Å². The van der Waals surface area contributed by atoms with Crippen molar-refractivity contribution in [1.29, 1.82) is 0 Å². The highest BCUT2D eigenvalue weighted by atomic mass is 35.5. The number of benzene rings is 1. The monoisotopic (exact) mass is 405 g/mol. The van der Waals surface area contributed by atoms with Crippen LogP contribution in [0.15, 0.2) is 24.3 Å². The Labute approximate surface area is 169 Å². The number of nitrogens with zero attached hydrogens (tertiary/aromatic N) is 3. The molecule has 0 saturated carbocycles. The smallest absolute Gasteiger partial charge is 0.250 e. The van der Waals surface area contributed by atoms with Crippen molar-refractivity contribution >= 4 is 35.0 Å². The van der Waals surface area contributed by atoms with Gasteiger partial charge in [0, 0.05) is 42.7 Å². The SMILES string of the molecule is COCC(=O)Nc1ccc(C2COCCCN2c2cc(C)nc(N)n2)c(Cl)c1. The predicted molar refractivity (Wildman–Crippen MR) is 109 cm³/mol. The fraction of sp³-hybridized carbons (Fsp3) is 0.421. The minimum Gasteiger partial charge on any atom is -0.379 e. The molecule has 0 radical (unpaired) electrons. The number of hydrogen-bond donors (Lipinski definition) is 2. The van der Waals surface area contributed by atoms with Gasteiger partial charge in [0.1, 0.15) is 12.4 Å². The van der Waals surface area contributed by atoms with Gasteiger partial charge in [-0.25, -0.2) is 4.98 Å². The molecule has 1 fully saturated rings. The van der Waals surface area contributed by atoms with Crippen LogP contribution in [0.2, 0.25) is 5.02 Å². The molecule has 1 amide bonds. The van der Waals surface area contributed by atoms with Crippen LogP contribution in [0.25, 0.3) is 0 Å². The van der Waals surface area contributed by atoms with Crippen LogP contribution in [0.5, 0.6) is 0 Å². The molecule has 1 aliphatic rings. The van der Waals surface area contributed by atoms with Gasteiger partial charge in [0.25, 0.3) is 0 Å². The van der Waals surface area contributed by atoms with Gasteiger partial charge in [-0.2, -0.15) is 4.98 Å². The summed E-state index contributed by atoms with van der Waals surface area (Å²) in [5.41, 5.74) is 8.16. The maximum absolute atomic E-state index is 11.7. The van der Waals surface area contributed by atoms with Gasteiger partial charge in [-0.05, 0) is 31.0 Å². The van der Waals surface area contributed by atoms with Gasteiger partial charge in [0.2, 0.25) is 11.9 Å². The Morgan fingerprint density at radius 3 is 2.96 bits per heavy atom. The first kappa shape index (κ1) is 20.3. The third kappa shape index (κ3) is 4.89. The van der Waals surface area contributed by atoms with E-state index in [4.69, 9.17) is 26.8 Å². The predicted octanol–water partition coefficient (Wildman–Crippen LogP) is 2.57. The quantitative estimate of drug-likeness (QED) is 0.787. The molecule has 150 valence electrons. The number of aryl methyl sites for hydroxylation is 1. The molecule has 3 N–H and O–H groups in total. The third-order valence-electron chi connectivity index (χ3n) is 4.41. The van der Waals surface area contributed by atoms with Crippen LogP contribution in [0, 0.1) is 6.92 Å². The molecule has 8 nitrogen and oxygen atoms in total. The van der Waals surface area contributed by atoms with Gasteiger partial charge >= 0.3 is 0 Å². The first-order valence-corrected chi connectivity index (χ1v) is 9.39. The number of hydrogen-bond acceptors (Lipinski definition) is 7. The molecule has 2 heterocycles. The number of carbonyl (C=O) groups excluding carboxylic acids is 1. The Bertz CT molecular complexity index is 828. The van der Waals surface area contributed by atoms with Crippen LogP contribution in [0.1, 0.15) is 23.7 Å². The first-order valence-electron chi connectivity index (χ1n) is 9.01. The van der Waals surface area contributed by atoms with E-state index >= 15 is 0 Å². The topological polar surface area (TPSA) is 103 Å². The Morgan fingerprint density at radius 2 is 2.25 bits per heavy atom. The first-order chi connectivity index (χ1) is 13.5. The molecule has 2 aromatic rings. The summed E-state index contributed by atoms with van der Waals surface area (Å²) in [7, 11) is 1.47. The van der Waals surface area contributed by atoms with Crippen molar-refractivity contribution in [3.8, 4) is 0 Å². The second kappa shape index (κ2) is 9.18. The third-order valence-corrected chi connectivity index (χ3v) is 4.74. The van der Waals surface area contributed by atoms with Crippen molar-refractivity contribution in [2.24, 2.45) is 0 Å². The lowest BCUT2D eigenvalue weighted by atomic mass is 10.0. The number of ether oxygens (including phenoxy) is 2. The van der Waals surface area contributed by atoms with Crippen LogP contribution in [-0.2, 0) is 14.3 Å². The maximum Gasteiger partial charge on any atom is 0.250 e. The molecule has 1 saturated heterocycles. The number of nitrogens with one attached hydrogen (secondary N) is 1. The summed E-state index contributed by atoms with van der Waals surface area (Å²) in [6.45, 7) is 3.75. The second-order valence-corrected chi connectivity index (χ2v) is 6.99. The van der Waals surface area contributed by atoms with Gasteiger partial charge in [0.15, 0.2) is 0 Å². The fourth-order valence-electron chi connectivity index (χ4n) is 3.23. The zero-order chi connectivity index (χ0) is 20.1. The van der Waals surface area contributed by atoms with Crippen molar-refractivity contribution in [3.63, 3.8) is 0 Å². The van der Waals surface area contributed by atoms with Gasteiger partial charge < -0.3 is 25.4 Å². The molecular weight excluding hydrogens is 382 g/mol. The van der Waals surface area contributed by atoms with E-state index in [9.17, 15) is 4.79 Å².